The summed E-state index contributed by atoms with van der Waals surface area (Å²) in [6.45, 7) is 2.17. The molecule has 0 aliphatic carbocycles. The lowest BCUT2D eigenvalue weighted by atomic mass is 10.2. The van der Waals surface area contributed by atoms with E-state index in [1.807, 2.05) is 0 Å². The zero-order valence-corrected chi connectivity index (χ0v) is 9.32. The van der Waals surface area contributed by atoms with Gasteiger partial charge in [0.25, 0.3) is 0 Å². The van der Waals surface area contributed by atoms with Gasteiger partial charge in [0.15, 0.2) is 0 Å². The molecule has 0 aliphatic rings. The van der Waals surface area contributed by atoms with E-state index < -0.39 is 5.97 Å². The van der Waals surface area contributed by atoms with Crippen LogP contribution in [0, 0.1) is 0 Å². The highest BCUT2D eigenvalue weighted by atomic mass is 16.5. The molecule has 0 aromatic carbocycles. The normalized spacial score (nSPS) is 9.56. The fraction of sp³-hybridized carbons (Fsp3) is 0.700. The van der Waals surface area contributed by atoms with Crippen molar-refractivity contribution in [2.24, 2.45) is 0 Å². The number of nitrogens with one attached hydrogen (secondary N) is 1. The first-order valence-electron chi connectivity index (χ1n) is 5.20. The molecule has 0 bridgehead atoms. The highest BCUT2D eigenvalue weighted by Crippen LogP contribution is 1.97. The fourth-order valence-electron chi connectivity index (χ4n) is 1.02. The molecule has 6 heteroatoms. The van der Waals surface area contributed by atoms with E-state index in [-0.39, 0.29) is 37.7 Å². The number of aliphatic carboxylic acids is 1. The molecular weight excluding hydrogens is 214 g/mol. The molecule has 0 spiro atoms. The highest BCUT2D eigenvalue weighted by molar-refractivity contribution is 5.77. The summed E-state index contributed by atoms with van der Waals surface area (Å²) < 4.78 is 4.69. The Morgan fingerprint density at radius 2 is 1.88 bits per heavy atom. The lowest BCUT2D eigenvalue weighted by Gasteiger charge is -2.03. The third kappa shape index (κ3) is 8.98. The number of amides is 1. The molecule has 0 saturated carbocycles. The number of carbonyl (C=O) groups excluding carboxylic acids is 2. The average molecular weight is 231 g/mol. The molecule has 0 fully saturated rings. The second kappa shape index (κ2) is 8.70. The first kappa shape index (κ1) is 14.4. The van der Waals surface area contributed by atoms with Gasteiger partial charge in [-0.1, -0.05) is 0 Å². The summed E-state index contributed by atoms with van der Waals surface area (Å²) in [6.07, 6.45) is 0.736. The Labute approximate surface area is 94.0 Å². The largest absolute Gasteiger partial charge is 0.481 e. The summed E-state index contributed by atoms with van der Waals surface area (Å²) in [5.74, 6) is -1.52. The molecule has 0 rings (SSSR count). The molecule has 0 unspecified atom stereocenters. The van der Waals surface area contributed by atoms with Crippen molar-refractivity contribution >= 4 is 17.8 Å². The molecule has 0 aromatic heterocycles. The van der Waals surface area contributed by atoms with E-state index in [1.54, 1.807) is 6.92 Å². The van der Waals surface area contributed by atoms with Gasteiger partial charge in [-0.15, -0.1) is 0 Å². The predicted molar refractivity (Wildman–Crippen MR) is 55.7 cm³/mol. The van der Waals surface area contributed by atoms with Crippen LogP contribution in [0.5, 0.6) is 0 Å². The molecular formula is C10H17NO5. The minimum atomic E-state index is -0.952. The summed E-state index contributed by atoms with van der Waals surface area (Å²) in [6, 6.07) is 0. The van der Waals surface area contributed by atoms with E-state index in [0.717, 1.165) is 0 Å². The minimum Gasteiger partial charge on any atom is -0.481 e. The topological polar surface area (TPSA) is 92.7 Å². The van der Waals surface area contributed by atoms with Crippen molar-refractivity contribution in [3.05, 3.63) is 0 Å². The second-order valence-electron chi connectivity index (χ2n) is 3.15. The maximum atomic E-state index is 11.1. The second-order valence-corrected chi connectivity index (χ2v) is 3.15. The van der Waals surface area contributed by atoms with Crippen LogP contribution in [0.3, 0.4) is 0 Å². The summed E-state index contributed by atoms with van der Waals surface area (Å²) in [4.78, 5) is 32.1. The molecule has 16 heavy (non-hydrogen) atoms. The molecule has 6 nitrogen and oxygen atoms in total. The van der Waals surface area contributed by atoms with Crippen LogP contribution < -0.4 is 5.32 Å². The first-order valence-corrected chi connectivity index (χ1v) is 5.20. The van der Waals surface area contributed by atoms with Gasteiger partial charge < -0.3 is 15.2 Å². The monoisotopic (exact) mass is 231 g/mol. The van der Waals surface area contributed by atoms with Crippen molar-refractivity contribution < 1.29 is 24.2 Å². The van der Waals surface area contributed by atoms with Crippen molar-refractivity contribution in [1.29, 1.82) is 0 Å². The first-order chi connectivity index (χ1) is 7.56. The summed E-state index contributed by atoms with van der Waals surface area (Å²) in [7, 11) is 0. The molecule has 2 N–H and O–H groups in total. The zero-order chi connectivity index (χ0) is 12.4. The molecule has 0 atom stereocenters. The SMILES string of the molecule is CCOC(=O)CCCC(=O)NCCC(=O)O. The Morgan fingerprint density at radius 3 is 2.44 bits per heavy atom. The van der Waals surface area contributed by atoms with Crippen LogP contribution in [0.1, 0.15) is 32.6 Å². The van der Waals surface area contributed by atoms with Gasteiger partial charge in [0.1, 0.15) is 0 Å². The molecule has 0 aliphatic heterocycles. The van der Waals surface area contributed by atoms with Gasteiger partial charge in [-0.2, -0.15) is 0 Å². The Morgan fingerprint density at radius 1 is 1.19 bits per heavy atom. The Kier molecular flexibility index (Phi) is 7.83. The maximum Gasteiger partial charge on any atom is 0.305 e. The van der Waals surface area contributed by atoms with Gasteiger partial charge in [0.2, 0.25) is 5.91 Å². The van der Waals surface area contributed by atoms with Crippen LogP contribution in [0.4, 0.5) is 0 Å². The summed E-state index contributed by atoms with van der Waals surface area (Å²) >= 11 is 0. The van der Waals surface area contributed by atoms with Gasteiger partial charge in [-0.3, -0.25) is 14.4 Å². The average Bonchev–Trinajstić information content (AvgIpc) is 2.17. The Bertz CT molecular complexity index is 252. The lowest BCUT2D eigenvalue weighted by molar-refractivity contribution is -0.143. The lowest BCUT2D eigenvalue weighted by Crippen LogP contribution is -2.25. The Balaban J connectivity index is 3.43. The predicted octanol–water partition coefficient (Wildman–Crippen LogP) is 0.311. The van der Waals surface area contributed by atoms with Crippen molar-refractivity contribution in [3.63, 3.8) is 0 Å². The third-order valence-electron chi connectivity index (χ3n) is 1.75. The van der Waals surface area contributed by atoms with E-state index in [9.17, 15) is 14.4 Å². The van der Waals surface area contributed by atoms with Crippen LogP contribution in [-0.2, 0) is 19.1 Å². The van der Waals surface area contributed by atoms with Crippen LogP contribution in [0.25, 0.3) is 0 Å². The third-order valence-corrected chi connectivity index (χ3v) is 1.75. The van der Waals surface area contributed by atoms with Crippen LogP contribution in [0.15, 0.2) is 0 Å². The van der Waals surface area contributed by atoms with E-state index in [0.29, 0.717) is 13.0 Å². The van der Waals surface area contributed by atoms with Gasteiger partial charge in [-0.05, 0) is 13.3 Å². The standard InChI is InChI=1S/C10H17NO5/c1-2-16-10(15)5-3-4-8(12)11-7-6-9(13)14/h2-7H2,1H3,(H,11,12)(H,13,14). The number of hydrogen-bond acceptors (Lipinski definition) is 4. The molecule has 0 aromatic rings. The number of carboxylic acid groups (broad SMARTS) is 1. The number of esters is 1. The number of carboxylic acids is 1. The fourth-order valence-corrected chi connectivity index (χ4v) is 1.02. The van der Waals surface area contributed by atoms with E-state index in [1.165, 1.54) is 0 Å². The quantitative estimate of drug-likeness (QED) is 0.586. The van der Waals surface area contributed by atoms with Crippen molar-refractivity contribution in [2.45, 2.75) is 32.6 Å². The van der Waals surface area contributed by atoms with Crippen molar-refractivity contribution in [2.75, 3.05) is 13.2 Å². The van der Waals surface area contributed by atoms with Crippen LogP contribution >= 0.6 is 0 Å². The number of ether oxygens (including phenoxy) is 1. The van der Waals surface area contributed by atoms with Crippen molar-refractivity contribution in [3.8, 4) is 0 Å². The molecule has 0 saturated heterocycles. The molecule has 1 amide bonds. The Hall–Kier alpha value is -1.59. The van der Waals surface area contributed by atoms with E-state index in [2.05, 4.69) is 10.1 Å². The minimum absolute atomic E-state index is 0.0936. The molecule has 0 radical (unpaired) electrons. The number of hydrogen-bond donors (Lipinski definition) is 2. The molecule has 0 heterocycles. The van der Waals surface area contributed by atoms with Gasteiger partial charge in [0, 0.05) is 19.4 Å². The van der Waals surface area contributed by atoms with Crippen LogP contribution in [-0.4, -0.2) is 36.1 Å². The van der Waals surface area contributed by atoms with Crippen molar-refractivity contribution in [1.82, 2.24) is 5.32 Å². The summed E-state index contributed by atoms with van der Waals surface area (Å²) in [5.41, 5.74) is 0. The number of carbonyl (C=O) groups is 3. The zero-order valence-electron chi connectivity index (χ0n) is 9.32. The van der Waals surface area contributed by atoms with Crippen LogP contribution in [0.2, 0.25) is 0 Å². The molecule has 92 valence electrons. The van der Waals surface area contributed by atoms with E-state index >= 15 is 0 Å². The smallest absolute Gasteiger partial charge is 0.305 e. The van der Waals surface area contributed by atoms with Gasteiger partial charge >= 0.3 is 11.9 Å². The van der Waals surface area contributed by atoms with Gasteiger partial charge in [0.05, 0.1) is 13.0 Å². The summed E-state index contributed by atoms with van der Waals surface area (Å²) in [5, 5.41) is 10.8. The van der Waals surface area contributed by atoms with E-state index in [4.69, 9.17) is 5.11 Å². The van der Waals surface area contributed by atoms with Gasteiger partial charge in [-0.25, -0.2) is 0 Å². The highest BCUT2D eigenvalue weighted by Gasteiger charge is 2.05. The number of rotatable bonds is 8. The maximum absolute atomic E-state index is 11.1.